The smallest absolute Gasteiger partial charge is 0.264 e. The van der Waals surface area contributed by atoms with E-state index in [1.807, 2.05) is 99.1 Å². The number of hydrogen-bond donors (Lipinski definition) is 1. The number of carbonyl (C=O) groups excluding carboxylic acids is 2. The van der Waals surface area contributed by atoms with Crippen LogP contribution in [0.25, 0.3) is 15.9 Å². The van der Waals surface area contributed by atoms with Crippen molar-refractivity contribution in [3.63, 3.8) is 0 Å². The van der Waals surface area contributed by atoms with Gasteiger partial charge < -0.3 is 10.2 Å². The van der Waals surface area contributed by atoms with Gasteiger partial charge >= 0.3 is 0 Å². The first-order chi connectivity index (χ1) is 15.7. The van der Waals surface area contributed by atoms with Crippen LogP contribution in [0.5, 0.6) is 0 Å². The number of aromatic nitrogens is 2. The van der Waals surface area contributed by atoms with Gasteiger partial charge in [0.05, 0.1) is 16.3 Å². The van der Waals surface area contributed by atoms with E-state index in [0.717, 1.165) is 27.2 Å². The Balaban J connectivity index is 1.67. The Hall–Kier alpha value is -3.45. The van der Waals surface area contributed by atoms with Crippen LogP contribution >= 0.6 is 11.3 Å². The maximum absolute atomic E-state index is 13.6. The van der Waals surface area contributed by atoms with E-state index in [2.05, 4.69) is 10.4 Å². The molecule has 1 N–H and O–H groups in total. The summed E-state index contributed by atoms with van der Waals surface area (Å²) in [5.74, 6) is -0.345. The number of nitrogens with zero attached hydrogens (tertiary/aromatic N) is 3. The Labute approximate surface area is 197 Å². The molecule has 0 unspecified atom stereocenters. The molecule has 0 fully saturated rings. The number of para-hydroxylation sites is 1. The van der Waals surface area contributed by atoms with E-state index in [0.29, 0.717) is 11.4 Å². The van der Waals surface area contributed by atoms with Crippen molar-refractivity contribution in [2.24, 2.45) is 0 Å². The molecule has 0 spiro atoms. The average Bonchev–Trinajstić information content (AvgIpc) is 3.33. The number of fused-ring (bicyclic) bond motifs is 1. The summed E-state index contributed by atoms with van der Waals surface area (Å²) in [6.45, 7) is 8.08. The lowest BCUT2D eigenvalue weighted by atomic mass is 10.1. The van der Waals surface area contributed by atoms with Crippen LogP contribution in [0.1, 0.15) is 41.7 Å². The predicted molar refractivity (Wildman–Crippen MR) is 133 cm³/mol. The van der Waals surface area contributed by atoms with Gasteiger partial charge in [0.1, 0.15) is 11.4 Å². The third-order valence-electron chi connectivity index (χ3n) is 5.11. The highest BCUT2D eigenvalue weighted by atomic mass is 32.1. The summed E-state index contributed by atoms with van der Waals surface area (Å²) in [6.07, 6.45) is 0. The van der Waals surface area contributed by atoms with E-state index in [-0.39, 0.29) is 23.9 Å². The van der Waals surface area contributed by atoms with Gasteiger partial charge in [-0.25, -0.2) is 4.68 Å². The van der Waals surface area contributed by atoms with Crippen molar-refractivity contribution in [2.45, 2.75) is 39.8 Å². The van der Waals surface area contributed by atoms with Crippen molar-refractivity contribution in [2.75, 3.05) is 6.54 Å². The second-order valence-electron chi connectivity index (χ2n) is 9.11. The molecule has 2 heterocycles. The summed E-state index contributed by atoms with van der Waals surface area (Å²) >= 11 is 1.40. The number of hydrogen-bond acceptors (Lipinski definition) is 4. The zero-order chi connectivity index (χ0) is 23.6. The zero-order valence-corrected chi connectivity index (χ0v) is 20.1. The van der Waals surface area contributed by atoms with Crippen molar-refractivity contribution in [3.8, 4) is 5.69 Å². The molecule has 2 aromatic heterocycles. The molecule has 0 bridgehead atoms. The molecule has 0 aliphatic heterocycles. The second kappa shape index (κ2) is 9.19. The number of aryl methyl sites for hydroxylation is 1. The quantitative estimate of drug-likeness (QED) is 0.443. The molecular weight excluding hydrogens is 432 g/mol. The fraction of sp³-hybridized carbons (Fsp3) is 0.269. The van der Waals surface area contributed by atoms with Gasteiger partial charge in [-0.05, 0) is 51.5 Å². The summed E-state index contributed by atoms with van der Waals surface area (Å²) in [4.78, 5) is 29.4. The third-order valence-corrected chi connectivity index (χ3v) is 6.21. The largest absolute Gasteiger partial charge is 0.350 e. The zero-order valence-electron chi connectivity index (χ0n) is 19.3. The van der Waals surface area contributed by atoms with Gasteiger partial charge in [0, 0.05) is 17.5 Å². The number of amides is 2. The Bertz CT molecular complexity index is 1270. The minimum atomic E-state index is -0.369. The van der Waals surface area contributed by atoms with Crippen LogP contribution in [0.3, 0.4) is 0 Å². The van der Waals surface area contributed by atoms with Gasteiger partial charge in [-0.2, -0.15) is 5.10 Å². The lowest BCUT2D eigenvalue weighted by Gasteiger charge is -2.25. The minimum Gasteiger partial charge on any atom is -0.350 e. The number of rotatable bonds is 6. The minimum absolute atomic E-state index is 0.0109. The highest BCUT2D eigenvalue weighted by Crippen LogP contribution is 2.31. The Kier molecular flexibility index (Phi) is 6.33. The Morgan fingerprint density at radius 3 is 2.30 bits per heavy atom. The van der Waals surface area contributed by atoms with E-state index in [4.69, 9.17) is 0 Å². The molecule has 7 heteroatoms. The van der Waals surface area contributed by atoms with E-state index in [1.165, 1.54) is 11.3 Å². The molecule has 33 heavy (non-hydrogen) atoms. The van der Waals surface area contributed by atoms with Gasteiger partial charge in [-0.3, -0.25) is 9.59 Å². The Morgan fingerprint density at radius 2 is 1.67 bits per heavy atom. The Morgan fingerprint density at radius 1 is 1.03 bits per heavy atom. The summed E-state index contributed by atoms with van der Waals surface area (Å²) in [5, 5.41) is 8.57. The summed E-state index contributed by atoms with van der Waals surface area (Å²) in [7, 11) is 0. The molecule has 170 valence electrons. The molecule has 4 aromatic rings. The molecule has 0 saturated heterocycles. The fourth-order valence-electron chi connectivity index (χ4n) is 3.69. The predicted octanol–water partition coefficient (Wildman–Crippen LogP) is 4.95. The molecule has 2 aromatic carbocycles. The van der Waals surface area contributed by atoms with Gasteiger partial charge in [0.2, 0.25) is 5.91 Å². The number of carbonyl (C=O) groups is 2. The molecular formula is C26H28N4O2S. The fourth-order valence-corrected chi connectivity index (χ4v) is 4.84. The molecule has 0 atom stereocenters. The van der Waals surface area contributed by atoms with Crippen LogP contribution in [0.4, 0.5) is 0 Å². The molecule has 0 radical (unpaired) electrons. The van der Waals surface area contributed by atoms with Crippen LogP contribution in [-0.2, 0) is 11.3 Å². The SMILES string of the molecule is Cc1nn(-c2ccccc2)c2sc(C(=O)N(CC(=O)NC(C)(C)C)Cc3ccccc3)cc12. The molecule has 0 aliphatic carbocycles. The maximum atomic E-state index is 13.6. The van der Waals surface area contributed by atoms with Gasteiger partial charge in [0.15, 0.2) is 0 Å². The van der Waals surface area contributed by atoms with Crippen LogP contribution in [0, 0.1) is 6.92 Å². The van der Waals surface area contributed by atoms with E-state index < -0.39 is 0 Å². The van der Waals surface area contributed by atoms with E-state index in [1.54, 1.807) is 4.90 Å². The normalized spacial score (nSPS) is 11.5. The number of nitrogens with one attached hydrogen (secondary N) is 1. The highest BCUT2D eigenvalue weighted by Gasteiger charge is 2.25. The van der Waals surface area contributed by atoms with Crippen molar-refractivity contribution >= 4 is 33.4 Å². The third kappa shape index (κ3) is 5.31. The highest BCUT2D eigenvalue weighted by molar-refractivity contribution is 7.20. The van der Waals surface area contributed by atoms with Crippen molar-refractivity contribution in [3.05, 3.63) is 82.9 Å². The molecule has 0 saturated carbocycles. The van der Waals surface area contributed by atoms with Crippen LogP contribution in [-0.4, -0.2) is 38.6 Å². The van der Waals surface area contributed by atoms with Crippen molar-refractivity contribution in [1.29, 1.82) is 0 Å². The lowest BCUT2D eigenvalue weighted by Crippen LogP contribution is -2.47. The van der Waals surface area contributed by atoms with E-state index >= 15 is 0 Å². The first kappa shape index (κ1) is 22.7. The summed E-state index contributed by atoms with van der Waals surface area (Å²) in [5.41, 5.74) is 2.42. The molecule has 6 nitrogen and oxygen atoms in total. The topological polar surface area (TPSA) is 67.2 Å². The summed E-state index contributed by atoms with van der Waals surface area (Å²) in [6, 6.07) is 21.5. The van der Waals surface area contributed by atoms with Crippen LogP contribution in [0.15, 0.2) is 66.7 Å². The van der Waals surface area contributed by atoms with Gasteiger partial charge in [-0.1, -0.05) is 48.5 Å². The first-order valence-electron chi connectivity index (χ1n) is 10.9. The van der Waals surface area contributed by atoms with Crippen molar-refractivity contribution < 1.29 is 9.59 Å². The maximum Gasteiger partial charge on any atom is 0.264 e. The average molecular weight is 461 g/mol. The van der Waals surface area contributed by atoms with Crippen molar-refractivity contribution in [1.82, 2.24) is 20.0 Å². The monoisotopic (exact) mass is 460 g/mol. The first-order valence-corrected chi connectivity index (χ1v) is 11.7. The number of benzene rings is 2. The number of thiophene rings is 1. The van der Waals surface area contributed by atoms with Crippen LogP contribution < -0.4 is 5.32 Å². The molecule has 4 rings (SSSR count). The lowest BCUT2D eigenvalue weighted by molar-refractivity contribution is -0.123. The molecule has 0 aliphatic rings. The van der Waals surface area contributed by atoms with E-state index in [9.17, 15) is 9.59 Å². The summed E-state index contributed by atoms with van der Waals surface area (Å²) < 4.78 is 1.87. The van der Waals surface area contributed by atoms with Gasteiger partial charge in [0.25, 0.3) is 5.91 Å². The second-order valence-corrected chi connectivity index (χ2v) is 10.1. The van der Waals surface area contributed by atoms with Gasteiger partial charge in [-0.15, -0.1) is 11.3 Å². The standard InChI is InChI=1S/C26H28N4O2S/c1-18-21-15-22(33-25(21)30(28-18)20-13-9-6-10-14-20)24(32)29(16-19-11-7-5-8-12-19)17-23(31)27-26(2,3)4/h5-15H,16-17H2,1-4H3,(H,27,31). The molecule has 2 amide bonds. The van der Waals surface area contributed by atoms with Crippen LogP contribution in [0.2, 0.25) is 0 Å².